The molecule has 0 spiro atoms. The molecule has 9 nitrogen and oxygen atoms in total. The second-order valence-electron chi connectivity index (χ2n) is 10.4. The Morgan fingerprint density at radius 3 is 2.23 bits per heavy atom. The Hall–Kier alpha value is -4.05. The van der Waals surface area contributed by atoms with E-state index < -0.39 is 28.5 Å². The molecular weight excluding hydrogens is 566 g/mol. The van der Waals surface area contributed by atoms with Crippen LogP contribution < -0.4 is 19.1 Å². The summed E-state index contributed by atoms with van der Waals surface area (Å²) in [7, 11) is -1.35. The Morgan fingerprint density at radius 1 is 0.930 bits per heavy atom. The summed E-state index contributed by atoms with van der Waals surface area (Å²) >= 11 is 0. The predicted molar refractivity (Wildman–Crippen MR) is 169 cm³/mol. The van der Waals surface area contributed by atoms with E-state index >= 15 is 0 Å². The maximum absolute atomic E-state index is 14.3. The second kappa shape index (κ2) is 15.4. The van der Waals surface area contributed by atoms with Crippen LogP contribution in [-0.2, 0) is 26.2 Å². The fourth-order valence-corrected chi connectivity index (χ4v) is 6.16. The number of sulfonamides is 1. The van der Waals surface area contributed by atoms with Crippen LogP contribution >= 0.6 is 0 Å². The predicted octanol–water partition coefficient (Wildman–Crippen LogP) is 5.24. The van der Waals surface area contributed by atoms with Crippen molar-refractivity contribution in [3.63, 3.8) is 0 Å². The maximum atomic E-state index is 14.3. The highest BCUT2D eigenvalue weighted by atomic mass is 32.2. The first-order chi connectivity index (χ1) is 20.6. The van der Waals surface area contributed by atoms with E-state index in [9.17, 15) is 18.0 Å². The van der Waals surface area contributed by atoms with Gasteiger partial charge >= 0.3 is 0 Å². The molecule has 0 saturated heterocycles. The van der Waals surface area contributed by atoms with E-state index in [1.165, 1.54) is 37.3 Å². The Bertz CT molecular complexity index is 1490. The van der Waals surface area contributed by atoms with Crippen LogP contribution in [0.15, 0.2) is 71.6 Å². The summed E-state index contributed by atoms with van der Waals surface area (Å²) in [5.74, 6) is -0.156. The molecule has 0 saturated carbocycles. The average Bonchev–Trinajstić information content (AvgIpc) is 3.00. The quantitative estimate of drug-likeness (QED) is 0.236. The van der Waals surface area contributed by atoms with Gasteiger partial charge in [0.1, 0.15) is 24.1 Å². The third-order valence-electron chi connectivity index (χ3n) is 7.36. The Kier molecular flexibility index (Phi) is 12.0. The van der Waals surface area contributed by atoms with Crippen molar-refractivity contribution in [2.75, 3.05) is 31.6 Å². The zero-order valence-corrected chi connectivity index (χ0v) is 26.7. The SMILES string of the molecule is CCCCNC(=O)[C@@H](CC)N(Cc1ccccc1C)C(=O)CN(c1cc(OC)ccc1OC)S(=O)(=O)c1ccc(C)cc1. The standard InChI is InChI=1S/C33H43N3O6S/c1-7-9-20-34-33(38)29(8-2)35(22-26-13-11-10-12-25(26)4)32(37)23-36(30-21-27(41-5)16-19-31(30)42-6)43(39,40)28-17-14-24(3)15-18-28/h10-19,21,29H,7-9,20,22-23H2,1-6H3,(H,34,38)/t29-/m1/s1. The third kappa shape index (κ3) is 8.28. The van der Waals surface area contributed by atoms with Gasteiger partial charge in [-0.05, 0) is 62.1 Å². The van der Waals surface area contributed by atoms with Crippen LogP contribution in [0, 0.1) is 13.8 Å². The summed E-state index contributed by atoms with van der Waals surface area (Å²) in [4.78, 5) is 29.2. The molecule has 10 heteroatoms. The molecule has 0 aliphatic rings. The van der Waals surface area contributed by atoms with E-state index in [2.05, 4.69) is 5.32 Å². The fraction of sp³-hybridized carbons (Fsp3) is 0.394. The van der Waals surface area contributed by atoms with Crippen molar-refractivity contribution in [2.45, 2.75) is 64.4 Å². The molecule has 0 unspecified atom stereocenters. The molecule has 0 radical (unpaired) electrons. The van der Waals surface area contributed by atoms with Gasteiger partial charge in [0.2, 0.25) is 11.8 Å². The molecule has 2 amide bonds. The lowest BCUT2D eigenvalue weighted by molar-refractivity contribution is -0.140. The van der Waals surface area contributed by atoms with Crippen LogP contribution in [-0.4, -0.2) is 58.5 Å². The molecule has 3 aromatic rings. The normalized spacial score (nSPS) is 11.9. The summed E-state index contributed by atoms with van der Waals surface area (Å²) < 4.78 is 40.4. The number of ether oxygens (including phenoxy) is 2. The number of rotatable bonds is 15. The van der Waals surface area contributed by atoms with Crippen molar-refractivity contribution in [3.8, 4) is 11.5 Å². The third-order valence-corrected chi connectivity index (χ3v) is 9.13. The number of benzene rings is 3. The highest BCUT2D eigenvalue weighted by Crippen LogP contribution is 2.36. The van der Waals surface area contributed by atoms with Crippen LogP contribution in [0.2, 0.25) is 0 Å². The molecule has 0 heterocycles. The largest absolute Gasteiger partial charge is 0.497 e. The van der Waals surface area contributed by atoms with E-state index in [1.807, 2.05) is 52.0 Å². The van der Waals surface area contributed by atoms with Gasteiger partial charge in [0.25, 0.3) is 10.0 Å². The molecule has 0 fully saturated rings. The van der Waals surface area contributed by atoms with E-state index in [0.29, 0.717) is 18.7 Å². The van der Waals surface area contributed by atoms with E-state index in [4.69, 9.17) is 9.47 Å². The zero-order chi connectivity index (χ0) is 31.6. The van der Waals surface area contributed by atoms with Gasteiger partial charge in [-0.1, -0.05) is 62.2 Å². The van der Waals surface area contributed by atoms with Gasteiger partial charge in [-0.15, -0.1) is 0 Å². The first kappa shape index (κ1) is 33.5. The number of nitrogens with zero attached hydrogens (tertiary/aromatic N) is 2. The highest BCUT2D eigenvalue weighted by Gasteiger charge is 2.35. The molecule has 0 aromatic heterocycles. The minimum Gasteiger partial charge on any atom is -0.497 e. The number of anilines is 1. The lowest BCUT2D eigenvalue weighted by Gasteiger charge is -2.34. The van der Waals surface area contributed by atoms with Crippen molar-refractivity contribution in [2.24, 2.45) is 0 Å². The van der Waals surface area contributed by atoms with Gasteiger partial charge in [-0.3, -0.25) is 13.9 Å². The van der Waals surface area contributed by atoms with Gasteiger partial charge in [-0.25, -0.2) is 8.42 Å². The lowest BCUT2D eigenvalue weighted by atomic mass is 10.1. The molecular formula is C33H43N3O6S. The number of methoxy groups -OCH3 is 2. The number of unbranched alkanes of at least 4 members (excludes halogenated alkanes) is 1. The maximum Gasteiger partial charge on any atom is 0.264 e. The Balaban J connectivity index is 2.14. The molecule has 3 aromatic carbocycles. The minimum atomic E-state index is -4.26. The van der Waals surface area contributed by atoms with Crippen LogP contribution in [0.3, 0.4) is 0 Å². The molecule has 232 valence electrons. The van der Waals surface area contributed by atoms with Gasteiger partial charge in [0, 0.05) is 19.2 Å². The van der Waals surface area contributed by atoms with Gasteiger partial charge in [0.15, 0.2) is 0 Å². The summed E-state index contributed by atoms with van der Waals surface area (Å²) in [6.45, 7) is 7.75. The fourth-order valence-electron chi connectivity index (χ4n) is 4.74. The summed E-state index contributed by atoms with van der Waals surface area (Å²) in [6, 6.07) is 18.0. The molecule has 0 aliphatic carbocycles. The van der Waals surface area contributed by atoms with Gasteiger partial charge in [0.05, 0.1) is 24.8 Å². The number of hydrogen-bond acceptors (Lipinski definition) is 6. The zero-order valence-electron chi connectivity index (χ0n) is 25.9. The van der Waals surface area contributed by atoms with Crippen molar-refractivity contribution in [1.82, 2.24) is 10.2 Å². The van der Waals surface area contributed by atoms with Crippen LogP contribution in [0.4, 0.5) is 5.69 Å². The van der Waals surface area contributed by atoms with Crippen molar-refractivity contribution in [1.29, 1.82) is 0 Å². The van der Waals surface area contributed by atoms with Crippen molar-refractivity contribution in [3.05, 3.63) is 83.4 Å². The van der Waals surface area contributed by atoms with Crippen LogP contribution in [0.1, 0.15) is 49.8 Å². The lowest BCUT2D eigenvalue weighted by Crippen LogP contribution is -2.52. The number of aryl methyl sites for hydroxylation is 2. The number of hydrogen-bond donors (Lipinski definition) is 1. The molecule has 1 atom stereocenters. The summed E-state index contributed by atoms with van der Waals surface area (Å²) in [6.07, 6.45) is 2.08. The smallest absolute Gasteiger partial charge is 0.264 e. The molecule has 1 N–H and O–H groups in total. The Morgan fingerprint density at radius 2 is 1.63 bits per heavy atom. The van der Waals surface area contributed by atoms with Crippen LogP contribution in [0.5, 0.6) is 11.5 Å². The van der Waals surface area contributed by atoms with Crippen molar-refractivity contribution < 1.29 is 27.5 Å². The van der Waals surface area contributed by atoms with Gasteiger partial charge < -0.3 is 19.7 Å². The highest BCUT2D eigenvalue weighted by molar-refractivity contribution is 7.92. The summed E-state index contributed by atoms with van der Waals surface area (Å²) in [5.41, 5.74) is 2.86. The topological polar surface area (TPSA) is 105 Å². The number of carbonyl (C=O) groups is 2. The monoisotopic (exact) mass is 609 g/mol. The minimum absolute atomic E-state index is 0.0191. The van der Waals surface area contributed by atoms with Crippen molar-refractivity contribution >= 4 is 27.5 Å². The molecule has 43 heavy (non-hydrogen) atoms. The molecule has 0 bridgehead atoms. The number of carbonyl (C=O) groups excluding carboxylic acids is 2. The molecule has 0 aliphatic heterocycles. The molecule has 3 rings (SSSR count). The number of amides is 2. The van der Waals surface area contributed by atoms with E-state index in [0.717, 1.165) is 33.8 Å². The average molecular weight is 610 g/mol. The van der Waals surface area contributed by atoms with Gasteiger partial charge in [-0.2, -0.15) is 0 Å². The Labute approximate surface area is 255 Å². The second-order valence-corrected chi connectivity index (χ2v) is 12.2. The van der Waals surface area contributed by atoms with E-state index in [1.54, 1.807) is 24.3 Å². The first-order valence-electron chi connectivity index (χ1n) is 14.5. The number of nitrogens with one attached hydrogen (secondary N) is 1. The first-order valence-corrected chi connectivity index (χ1v) is 15.9. The van der Waals surface area contributed by atoms with E-state index in [-0.39, 0.29) is 28.8 Å². The van der Waals surface area contributed by atoms with Crippen LogP contribution in [0.25, 0.3) is 0 Å². The summed E-state index contributed by atoms with van der Waals surface area (Å²) in [5, 5.41) is 2.95.